The van der Waals surface area contributed by atoms with Crippen LogP contribution in [-0.2, 0) is 6.42 Å². The Morgan fingerprint density at radius 1 is 1.25 bits per heavy atom. The Morgan fingerprint density at radius 2 is 2.19 bits per heavy atom. The number of carbonyl (C=O) groups excluding carboxylic acids is 1. The zero-order chi connectivity index (χ0) is 21.7. The van der Waals surface area contributed by atoms with E-state index in [2.05, 4.69) is 30.2 Å². The van der Waals surface area contributed by atoms with Gasteiger partial charge in [-0.25, -0.2) is 13.9 Å². The molecule has 0 aromatic carbocycles. The summed E-state index contributed by atoms with van der Waals surface area (Å²) in [7, 11) is 0. The van der Waals surface area contributed by atoms with Crippen LogP contribution in [0.15, 0.2) is 59.7 Å². The number of nitrogens with one attached hydrogen (secondary N) is 1. The Hall–Kier alpha value is -4.41. The maximum absolute atomic E-state index is 14.3. The van der Waals surface area contributed by atoms with Crippen molar-refractivity contribution in [2.75, 3.05) is 6.54 Å². The maximum Gasteiger partial charge on any atom is 0.312 e. The SMILES string of the molecule is O=C(c1nnc(-c2cccnc2)o1)N1CCc2[nH]cnc2[C@H]1c1cc2c(F)cccn2n1. The first kappa shape index (κ1) is 18.4. The van der Waals surface area contributed by atoms with E-state index in [0.29, 0.717) is 35.4 Å². The van der Waals surface area contributed by atoms with Crippen LogP contribution in [-0.4, -0.2) is 52.1 Å². The van der Waals surface area contributed by atoms with E-state index in [-0.39, 0.29) is 11.8 Å². The molecule has 5 aromatic heterocycles. The summed E-state index contributed by atoms with van der Waals surface area (Å²) in [5.41, 5.74) is 2.97. The summed E-state index contributed by atoms with van der Waals surface area (Å²) in [6, 6.07) is 7.43. The average Bonchev–Trinajstić information content (AvgIpc) is 3.58. The minimum Gasteiger partial charge on any atom is -0.412 e. The van der Waals surface area contributed by atoms with E-state index in [1.807, 2.05) is 0 Å². The van der Waals surface area contributed by atoms with Crippen molar-refractivity contribution in [2.24, 2.45) is 0 Å². The van der Waals surface area contributed by atoms with Crippen molar-refractivity contribution in [1.29, 1.82) is 0 Å². The zero-order valence-corrected chi connectivity index (χ0v) is 16.5. The molecule has 0 saturated carbocycles. The molecule has 0 bridgehead atoms. The topological polar surface area (TPSA) is 118 Å². The third kappa shape index (κ3) is 2.86. The molecule has 0 saturated heterocycles. The van der Waals surface area contributed by atoms with Crippen molar-refractivity contribution < 1.29 is 13.6 Å². The average molecular weight is 430 g/mol. The monoisotopic (exact) mass is 430 g/mol. The van der Waals surface area contributed by atoms with Crippen LogP contribution in [0.5, 0.6) is 0 Å². The number of amides is 1. The van der Waals surface area contributed by atoms with Gasteiger partial charge in [0.2, 0.25) is 5.89 Å². The van der Waals surface area contributed by atoms with Crippen molar-refractivity contribution in [3.8, 4) is 11.5 Å². The van der Waals surface area contributed by atoms with Gasteiger partial charge in [-0.15, -0.1) is 10.2 Å². The van der Waals surface area contributed by atoms with Gasteiger partial charge in [0, 0.05) is 37.3 Å². The summed E-state index contributed by atoms with van der Waals surface area (Å²) < 4.78 is 21.4. The highest BCUT2D eigenvalue weighted by atomic mass is 19.1. The number of halogens is 1. The van der Waals surface area contributed by atoms with Crippen molar-refractivity contribution in [3.05, 3.63) is 84.0 Å². The molecule has 0 aliphatic carbocycles. The van der Waals surface area contributed by atoms with Gasteiger partial charge in [-0.3, -0.25) is 9.78 Å². The van der Waals surface area contributed by atoms with Crippen LogP contribution in [0.1, 0.15) is 33.8 Å². The van der Waals surface area contributed by atoms with E-state index in [4.69, 9.17) is 4.42 Å². The zero-order valence-electron chi connectivity index (χ0n) is 16.5. The van der Waals surface area contributed by atoms with Crippen molar-refractivity contribution in [1.82, 2.24) is 39.7 Å². The highest BCUT2D eigenvalue weighted by Crippen LogP contribution is 2.34. The van der Waals surface area contributed by atoms with Crippen molar-refractivity contribution in [2.45, 2.75) is 12.5 Å². The first-order valence-electron chi connectivity index (χ1n) is 9.90. The number of imidazole rings is 1. The number of aromatic nitrogens is 7. The van der Waals surface area contributed by atoms with E-state index < -0.39 is 17.8 Å². The molecule has 1 amide bonds. The van der Waals surface area contributed by atoms with Crippen LogP contribution in [0.2, 0.25) is 0 Å². The molecule has 158 valence electrons. The van der Waals surface area contributed by atoms with Gasteiger partial charge in [0.1, 0.15) is 17.4 Å². The lowest BCUT2D eigenvalue weighted by atomic mass is 9.99. The Kier molecular flexibility index (Phi) is 4.06. The Labute approximate surface area is 179 Å². The van der Waals surface area contributed by atoms with E-state index in [1.165, 1.54) is 10.6 Å². The Morgan fingerprint density at radius 3 is 3.03 bits per heavy atom. The molecular formula is C21H15FN8O2. The normalized spacial score (nSPS) is 15.8. The van der Waals surface area contributed by atoms with E-state index in [0.717, 1.165) is 5.69 Å². The number of fused-ring (bicyclic) bond motifs is 2. The number of carbonyl (C=O) groups is 1. The number of aromatic amines is 1. The molecule has 10 nitrogen and oxygen atoms in total. The van der Waals surface area contributed by atoms with Crippen molar-refractivity contribution >= 4 is 11.4 Å². The van der Waals surface area contributed by atoms with Crippen LogP contribution >= 0.6 is 0 Å². The predicted molar refractivity (Wildman–Crippen MR) is 108 cm³/mol. The highest BCUT2D eigenvalue weighted by molar-refractivity contribution is 5.90. The van der Waals surface area contributed by atoms with Crippen molar-refractivity contribution in [3.63, 3.8) is 0 Å². The third-order valence-electron chi connectivity index (χ3n) is 5.45. The Balaban J connectivity index is 1.41. The second-order valence-corrected chi connectivity index (χ2v) is 7.33. The first-order valence-corrected chi connectivity index (χ1v) is 9.90. The van der Waals surface area contributed by atoms with Gasteiger partial charge in [-0.1, -0.05) is 0 Å². The molecule has 1 aliphatic rings. The molecule has 1 atom stereocenters. The lowest BCUT2D eigenvalue weighted by molar-refractivity contribution is 0.0646. The van der Waals surface area contributed by atoms with Gasteiger partial charge in [0.25, 0.3) is 0 Å². The van der Waals surface area contributed by atoms with Gasteiger partial charge < -0.3 is 14.3 Å². The van der Waals surface area contributed by atoms with Crippen LogP contribution in [0.4, 0.5) is 4.39 Å². The largest absolute Gasteiger partial charge is 0.412 e. The lowest BCUT2D eigenvalue weighted by Crippen LogP contribution is -2.41. The predicted octanol–water partition coefficient (Wildman–Crippen LogP) is 2.43. The van der Waals surface area contributed by atoms with Crippen LogP contribution in [0.25, 0.3) is 17.0 Å². The van der Waals surface area contributed by atoms with Crippen LogP contribution in [0.3, 0.4) is 0 Å². The second kappa shape index (κ2) is 7.08. The van der Waals surface area contributed by atoms with Crippen LogP contribution in [0, 0.1) is 5.82 Å². The summed E-state index contributed by atoms with van der Waals surface area (Å²) >= 11 is 0. The van der Waals surface area contributed by atoms with Gasteiger partial charge in [-0.05, 0) is 30.3 Å². The summed E-state index contributed by atoms with van der Waals surface area (Å²) in [4.78, 5) is 26.5. The van der Waals surface area contributed by atoms with Gasteiger partial charge >= 0.3 is 11.8 Å². The molecule has 5 aromatic rings. The second-order valence-electron chi connectivity index (χ2n) is 7.33. The van der Waals surface area contributed by atoms with Crippen LogP contribution < -0.4 is 0 Å². The summed E-state index contributed by atoms with van der Waals surface area (Å²) in [6.07, 6.45) is 7.01. The van der Waals surface area contributed by atoms with E-state index >= 15 is 0 Å². The standard InChI is InChI=1S/C21H15FN8O2/c22-13-4-2-7-30-16(13)9-15(28-30)18-17-14(24-11-25-17)5-8-29(18)21(31)20-27-26-19(32-20)12-3-1-6-23-10-12/h1-4,6-7,9-11,18H,5,8H2,(H,24,25)/t18-/m1/s1. The Bertz CT molecular complexity index is 1440. The molecule has 6 heterocycles. The molecule has 11 heteroatoms. The quantitative estimate of drug-likeness (QED) is 0.467. The minimum atomic E-state index is -0.634. The lowest BCUT2D eigenvalue weighted by Gasteiger charge is -2.32. The summed E-state index contributed by atoms with van der Waals surface area (Å²) in [5, 5.41) is 12.4. The minimum absolute atomic E-state index is 0.150. The molecular weight excluding hydrogens is 415 g/mol. The number of hydrogen-bond acceptors (Lipinski definition) is 7. The fourth-order valence-electron chi connectivity index (χ4n) is 3.97. The number of rotatable bonds is 3. The molecule has 0 spiro atoms. The van der Waals surface area contributed by atoms with Gasteiger partial charge in [0.15, 0.2) is 0 Å². The number of nitrogens with zero attached hydrogens (tertiary/aromatic N) is 7. The third-order valence-corrected chi connectivity index (χ3v) is 5.45. The molecule has 1 N–H and O–H groups in total. The fourth-order valence-corrected chi connectivity index (χ4v) is 3.97. The van der Waals surface area contributed by atoms with Gasteiger partial charge in [-0.2, -0.15) is 5.10 Å². The van der Waals surface area contributed by atoms with Gasteiger partial charge in [0.05, 0.1) is 23.3 Å². The number of H-pyrrole nitrogens is 1. The molecule has 32 heavy (non-hydrogen) atoms. The fraction of sp³-hybridized carbons (Fsp3) is 0.143. The molecule has 0 radical (unpaired) electrons. The molecule has 1 aliphatic heterocycles. The highest BCUT2D eigenvalue weighted by Gasteiger charge is 2.38. The van der Waals surface area contributed by atoms with E-state index in [1.54, 1.807) is 54.1 Å². The summed E-state index contributed by atoms with van der Waals surface area (Å²) in [5.74, 6) is -0.808. The molecule has 0 unspecified atom stereocenters. The summed E-state index contributed by atoms with van der Waals surface area (Å²) in [6.45, 7) is 0.375. The number of hydrogen-bond donors (Lipinski definition) is 1. The smallest absolute Gasteiger partial charge is 0.312 e. The molecule has 0 fully saturated rings. The first-order chi connectivity index (χ1) is 15.7. The maximum atomic E-state index is 14.3. The number of pyridine rings is 2. The van der Waals surface area contributed by atoms with E-state index in [9.17, 15) is 9.18 Å². The molecule has 6 rings (SSSR count).